The Morgan fingerprint density at radius 1 is 1.43 bits per heavy atom. The number of aromatic nitrogens is 2. The van der Waals surface area contributed by atoms with Crippen molar-refractivity contribution in [2.45, 2.75) is 45.6 Å². The first-order valence-corrected chi connectivity index (χ1v) is 10.3. The molecule has 2 heterocycles. The number of halogens is 1. The maximum absolute atomic E-state index is 6.12. The fraction of sp³-hybridized carbons (Fsp3) is 0.550. The Morgan fingerprint density at radius 3 is 3.00 bits per heavy atom. The van der Waals surface area contributed by atoms with Gasteiger partial charge in [0.1, 0.15) is 0 Å². The molecule has 0 amide bonds. The first kappa shape index (κ1) is 20.5. The molecule has 2 aromatic rings. The average molecular weight is 405 g/mol. The Kier molecular flexibility index (Phi) is 7.14. The van der Waals surface area contributed by atoms with Crippen molar-refractivity contribution < 1.29 is 4.52 Å². The Labute approximate surface area is 171 Å². The van der Waals surface area contributed by atoms with Gasteiger partial charge in [-0.1, -0.05) is 36.7 Å². The van der Waals surface area contributed by atoms with E-state index < -0.39 is 0 Å². The Hall–Kier alpha value is -2.28. The highest BCUT2D eigenvalue weighted by Gasteiger charge is 2.23. The summed E-state index contributed by atoms with van der Waals surface area (Å²) in [6.45, 7) is 9.50. The lowest BCUT2D eigenvalue weighted by molar-refractivity contribution is 0.372. The second-order valence-corrected chi connectivity index (χ2v) is 7.70. The van der Waals surface area contributed by atoms with E-state index >= 15 is 0 Å². The molecule has 0 saturated carbocycles. The quantitative estimate of drug-likeness (QED) is 0.545. The second kappa shape index (κ2) is 9.78. The van der Waals surface area contributed by atoms with Gasteiger partial charge in [0.15, 0.2) is 11.8 Å². The van der Waals surface area contributed by atoms with E-state index in [1.165, 1.54) is 0 Å². The lowest BCUT2D eigenvalue weighted by atomic mass is 10.2. The summed E-state index contributed by atoms with van der Waals surface area (Å²) < 4.78 is 5.29. The van der Waals surface area contributed by atoms with Gasteiger partial charge in [-0.3, -0.25) is 4.99 Å². The average Bonchev–Trinajstić information content (AvgIpc) is 3.32. The molecule has 1 aliphatic rings. The summed E-state index contributed by atoms with van der Waals surface area (Å²) in [5, 5.41) is 11.6. The van der Waals surface area contributed by atoms with Crippen LogP contribution in [0.4, 0.5) is 5.69 Å². The normalized spacial score (nSPS) is 17.4. The van der Waals surface area contributed by atoms with E-state index in [1.54, 1.807) is 0 Å². The fourth-order valence-corrected chi connectivity index (χ4v) is 3.35. The van der Waals surface area contributed by atoms with Gasteiger partial charge in [0.25, 0.3) is 0 Å². The van der Waals surface area contributed by atoms with Gasteiger partial charge >= 0.3 is 0 Å². The number of guanidine groups is 1. The van der Waals surface area contributed by atoms with Crippen molar-refractivity contribution in [1.29, 1.82) is 0 Å². The third-order valence-corrected chi connectivity index (χ3v) is 4.88. The van der Waals surface area contributed by atoms with Crippen molar-refractivity contribution in [3.8, 4) is 0 Å². The van der Waals surface area contributed by atoms with Gasteiger partial charge in [0.2, 0.25) is 5.89 Å². The minimum Gasteiger partial charge on any atom is -0.369 e. The zero-order chi connectivity index (χ0) is 19.9. The van der Waals surface area contributed by atoms with Crippen molar-refractivity contribution in [2.24, 2.45) is 4.99 Å². The number of nitrogens with one attached hydrogen (secondary N) is 2. The predicted octanol–water partition coefficient (Wildman–Crippen LogP) is 3.22. The highest BCUT2D eigenvalue weighted by molar-refractivity contribution is 6.30. The predicted molar refractivity (Wildman–Crippen MR) is 113 cm³/mol. The summed E-state index contributed by atoms with van der Waals surface area (Å²) in [5.41, 5.74) is 1.16. The van der Waals surface area contributed by atoms with Crippen LogP contribution in [-0.2, 0) is 6.42 Å². The fourth-order valence-electron chi connectivity index (χ4n) is 3.17. The Morgan fingerprint density at radius 2 is 2.29 bits per heavy atom. The number of hydrogen-bond acceptors (Lipinski definition) is 5. The molecular weight excluding hydrogens is 376 g/mol. The first-order valence-electron chi connectivity index (χ1n) is 9.93. The maximum Gasteiger partial charge on any atom is 0.228 e. The molecular formula is C20H29ClN6O. The number of benzene rings is 1. The maximum atomic E-state index is 6.12. The van der Waals surface area contributed by atoms with E-state index in [2.05, 4.69) is 43.7 Å². The molecule has 1 aromatic heterocycles. The third-order valence-electron chi connectivity index (χ3n) is 4.64. The van der Waals surface area contributed by atoms with Crippen molar-refractivity contribution in [3.63, 3.8) is 0 Å². The van der Waals surface area contributed by atoms with Crippen molar-refractivity contribution in [3.05, 3.63) is 41.0 Å². The van der Waals surface area contributed by atoms with Crippen LogP contribution in [-0.4, -0.2) is 48.3 Å². The molecule has 3 rings (SSSR count). The van der Waals surface area contributed by atoms with E-state index in [1.807, 2.05) is 32.0 Å². The van der Waals surface area contributed by atoms with Crippen LogP contribution in [0.2, 0.25) is 5.02 Å². The zero-order valence-electron chi connectivity index (χ0n) is 16.8. The molecule has 1 aliphatic heterocycles. The van der Waals surface area contributed by atoms with Crippen LogP contribution in [0, 0.1) is 0 Å². The second-order valence-electron chi connectivity index (χ2n) is 7.27. The standard InChI is InChI=1S/C20H29ClN6O/c1-4-22-20(23-10-8-18-25-19(14(2)3)26-28-18)24-16-9-11-27(13-16)17-7-5-6-15(21)12-17/h5-7,12,14,16H,4,8-11,13H2,1-3H3,(H2,22,23,24). The minimum absolute atomic E-state index is 0.268. The molecule has 152 valence electrons. The molecule has 0 spiro atoms. The lowest BCUT2D eigenvalue weighted by Gasteiger charge is -2.20. The van der Waals surface area contributed by atoms with Crippen LogP contribution < -0.4 is 15.5 Å². The van der Waals surface area contributed by atoms with E-state index in [-0.39, 0.29) is 5.92 Å². The highest BCUT2D eigenvalue weighted by Crippen LogP contribution is 2.23. The minimum atomic E-state index is 0.268. The smallest absolute Gasteiger partial charge is 0.228 e. The number of aliphatic imine (C=N–C) groups is 1. The van der Waals surface area contributed by atoms with Gasteiger partial charge in [-0.25, -0.2) is 0 Å². The van der Waals surface area contributed by atoms with Crippen LogP contribution in [0.5, 0.6) is 0 Å². The van der Waals surface area contributed by atoms with Crippen LogP contribution in [0.3, 0.4) is 0 Å². The van der Waals surface area contributed by atoms with Crippen LogP contribution >= 0.6 is 11.6 Å². The molecule has 1 atom stereocenters. The summed E-state index contributed by atoms with van der Waals surface area (Å²) >= 11 is 6.12. The molecule has 0 bridgehead atoms. The number of anilines is 1. The molecule has 1 saturated heterocycles. The lowest BCUT2D eigenvalue weighted by Crippen LogP contribution is -2.44. The van der Waals surface area contributed by atoms with Crippen molar-refractivity contribution in [1.82, 2.24) is 20.8 Å². The molecule has 0 radical (unpaired) electrons. The largest absolute Gasteiger partial charge is 0.369 e. The monoisotopic (exact) mass is 404 g/mol. The van der Waals surface area contributed by atoms with Crippen LogP contribution in [0.15, 0.2) is 33.8 Å². The zero-order valence-corrected chi connectivity index (χ0v) is 17.5. The van der Waals surface area contributed by atoms with Crippen LogP contribution in [0.25, 0.3) is 0 Å². The Bertz CT molecular complexity index is 791. The first-order chi connectivity index (χ1) is 13.5. The third kappa shape index (κ3) is 5.61. The van der Waals surface area contributed by atoms with Gasteiger partial charge < -0.3 is 20.1 Å². The number of hydrogen-bond donors (Lipinski definition) is 2. The molecule has 1 unspecified atom stereocenters. The van der Waals surface area contributed by atoms with E-state index in [9.17, 15) is 0 Å². The molecule has 7 nitrogen and oxygen atoms in total. The summed E-state index contributed by atoms with van der Waals surface area (Å²) in [6, 6.07) is 8.35. The molecule has 2 N–H and O–H groups in total. The van der Waals surface area contributed by atoms with Gasteiger partial charge in [0, 0.05) is 48.7 Å². The van der Waals surface area contributed by atoms with E-state index in [0.29, 0.717) is 24.9 Å². The summed E-state index contributed by atoms with van der Waals surface area (Å²) in [4.78, 5) is 11.4. The van der Waals surface area contributed by atoms with Crippen LogP contribution in [0.1, 0.15) is 44.8 Å². The number of nitrogens with zero attached hydrogens (tertiary/aromatic N) is 4. The van der Waals surface area contributed by atoms with Crippen molar-refractivity contribution >= 4 is 23.2 Å². The summed E-state index contributed by atoms with van der Waals surface area (Å²) in [5.74, 6) is 2.47. The molecule has 1 fully saturated rings. The Balaban J connectivity index is 1.53. The van der Waals surface area contributed by atoms with Gasteiger partial charge in [-0.05, 0) is 31.5 Å². The topological polar surface area (TPSA) is 78.6 Å². The van der Waals surface area contributed by atoms with E-state index in [4.69, 9.17) is 16.1 Å². The molecule has 8 heteroatoms. The van der Waals surface area contributed by atoms with Gasteiger partial charge in [0.05, 0.1) is 6.54 Å². The highest BCUT2D eigenvalue weighted by atomic mass is 35.5. The number of rotatable bonds is 7. The van der Waals surface area contributed by atoms with Gasteiger partial charge in [-0.15, -0.1) is 0 Å². The SMILES string of the molecule is CCNC(=NCCc1nc(C(C)C)no1)NC1CCN(c2cccc(Cl)c2)C1. The van der Waals surface area contributed by atoms with Crippen molar-refractivity contribution in [2.75, 3.05) is 31.1 Å². The van der Waals surface area contributed by atoms with E-state index in [0.717, 1.165) is 48.5 Å². The summed E-state index contributed by atoms with van der Waals surface area (Å²) in [6.07, 6.45) is 1.69. The molecule has 28 heavy (non-hydrogen) atoms. The van der Waals surface area contributed by atoms with Gasteiger partial charge in [-0.2, -0.15) is 4.98 Å². The summed E-state index contributed by atoms with van der Waals surface area (Å²) in [7, 11) is 0. The molecule has 0 aliphatic carbocycles. The molecule has 1 aromatic carbocycles.